The highest BCUT2D eigenvalue weighted by Crippen LogP contribution is 2.44. The van der Waals surface area contributed by atoms with Crippen molar-refractivity contribution < 1.29 is 4.39 Å². The maximum absolute atomic E-state index is 14.1. The van der Waals surface area contributed by atoms with Crippen molar-refractivity contribution in [1.82, 2.24) is 0 Å². The minimum absolute atomic E-state index is 0.189. The van der Waals surface area contributed by atoms with Crippen LogP contribution in [0.4, 0.5) is 4.39 Å². The van der Waals surface area contributed by atoms with Crippen LogP contribution in [-0.2, 0) is 0 Å². The lowest BCUT2D eigenvalue weighted by molar-refractivity contribution is 0.187. The summed E-state index contributed by atoms with van der Waals surface area (Å²) < 4.78 is 14.1. The van der Waals surface area contributed by atoms with E-state index in [-0.39, 0.29) is 10.8 Å². The fraction of sp³-hybridized carbons (Fsp3) is 0.667. The molecule has 2 aliphatic rings. The molecule has 0 bridgehead atoms. The van der Waals surface area contributed by atoms with Gasteiger partial charge in [0, 0.05) is 0 Å². The Morgan fingerprint density at radius 1 is 0.905 bits per heavy atom. The van der Waals surface area contributed by atoms with Crippen molar-refractivity contribution in [3.63, 3.8) is 0 Å². The molecule has 1 aromatic carbocycles. The first-order valence-electron chi connectivity index (χ1n) is 8.34. The normalized spacial score (nSPS) is 33.9. The third-order valence-corrected chi connectivity index (χ3v) is 6.63. The Morgan fingerprint density at radius 3 is 2.10 bits per heavy atom. The van der Waals surface area contributed by atoms with Crippen molar-refractivity contribution in [2.75, 3.05) is 0 Å². The van der Waals surface area contributed by atoms with Crippen molar-refractivity contribution in [1.29, 1.82) is 0 Å². The van der Waals surface area contributed by atoms with Crippen molar-refractivity contribution in [3.8, 4) is 0 Å². The summed E-state index contributed by atoms with van der Waals surface area (Å²) in [6.45, 7) is 0. The van der Waals surface area contributed by atoms with E-state index in [4.69, 9.17) is 11.6 Å². The molecule has 0 aromatic heterocycles. The monoisotopic (exact) mass is 326 g/mol. The molecule has 0 saturated heterocycles. The zero-order valence-corrected chi connectivity index (χ0v) is 14.4. The Labute approximate surface area is 135 Å². The van der Waals surface area contributed by atoms with Gasteiger partial charge in [-0.05, 0) is 86.4 Å². The number of hydrogen-bond acceptors (Lipinski definition) is 0. The predicted molar refractivity (Wildman–Crippen MR) is 91.6 cm³/mol. The molecule has 0 radical (unpaired) electrons. The number of hydrogen-bond donors (Lipinski definition) is 0. The largest absolute Gasteiger partial charge is 0.205 e. The van der Waals surface area contributed by atoms with Crippen molar-refractivity contribution in [2.24, 2.45) is 11.8 Å². The molecule has 3 heteroatoms. The van der Waals surface area contributed by atoms with E-state index in [1.165, 1.54) is 38.5 Å². The van der Waals surface area contributed by atoms with Gasteiger partial charge in [-0.2, -0.15) is 0 Å². The van der Waals surface area contributed by atoms with Crippen LogP contribution in [0.25, 0.3) is 0 Å². The molecule has 2 fully saturated rings. The van der Waals surface area contributed by atoms with Crippen LogP contribution in [0, 0.1) is 17.7 Å². The first-order valence-corrected chi connectivity index (χ1v) is 9.39. The lowest BCUT2D eigenvalue weighted by Crippen LogP contribution is -2.25. The van der Waals surface area contributed by atoms with Gasteiger partial charge in [-0.15, -0.1) is 9.24 Å². The number of rotatable bonds is 2. The van der Waals surface area contributed by atoms with Crippen LogP contribution in [0.3, 0.4) is 0 Å². The second-order valence-corrected chi connectivity index (χ2v) is 8.28. The topological polar surface area (TPSA) is 0 Å². The molecule has 0 amide bonds. The molecule has 21 heavy (non-hydrogen) atoms. The average molecular weight is 327 g/mol. The summed E-state index contributed by atoms with van der Waals surface area (Å²) in [5.74, 6) is 1.98. The van der Waals surface area contributed by atoms with Gasteiger partial charge >= 0.3 is 0 Å². The lowest BCUT2D eigenvalue weighted by atomic mass is 9.70. The third kappa shape index (κ3) is 3.62. The van der Waals surface area contributed by atoms with Gasteiger partial charge in [0.1, 0.15) is 5.82 Å². The molecule has 0 N–H and O–H groups in total. The fourth-order valence-electron chi connectivity index (χ4n) is 4.35. The van der Waals surface area contributed by atoms with Gasteiger partial charge in [0.05, 0.1) is 5.02 Å². The van der Waals surface area contributed by atoms with E-state index < -0.39 is 0 Å². The Kier molecular flexibility index (Phi) is 5.23. The van der Waals surface area contributed by atoms with Crippen LogP contribution < -0.4 is 0 Å². The van der Waals surface area contributed by atoms with Gasteiger partial charge in [-0.1, -0.05) is 23.7 Å². The molecule has 1 aromatic rings. The molecule has 0 spiro atoms. The maximum Gasteiger partial charge on any atom is 0.145 e. The minimum atomic E-state index is -0.189. The van der Waals surface area contributed by atoms with Crippen LogP contribution in [-0.4, -0.2) is 5.66 Å². The summed E-state index contributed by atoms with van der Waals surface area (Å²) in [5, 5.41) is 0.272. The first-order chi connectivity index (χ1) is 10.1. The maximum atomic E-state index is 14.1. The SMILES string of the molecule is Fc1c(Cl)cccc1C1CCC(C2CCC(P)CC2)CC1. The quantitative estimate of drug-likeness (QED) is 0.569. The Morgan fingerprint density at radius 2 is 1.48 bits per heavy atom. The smallest absolute Gasteiger partial charge is 0.145 e. The molecule has 1 unspecified atom stereocenters. The van der Waals surface area contributed by atoms with Crippen molar-refractivity contribution in [2.45, 2.75) is 62.9 Å². The van der Waals surface area contributed by atoms with Gasteiger partial charge in [-0.25, -0.2) is 4.39 Å². The Hall–Kier alpha value is -0.130. The predicted octanol–water partition coefficient (Wildman–Crippen LogP) is 6.19. The van der Waals surface area contributed by atoms with Crippen LogP contribution >= 0.6 is 20.8 Å². The van der Waals surface area contributed by atoms with Crippen molar-refractivity contribution in [3.05, 3.63) is 34.6 Å². The molecule has 0 nitrogen and oxygen atoms in total. The zero-order valence-electron chi connectivity index (χ0n) is 12.5. The summed E-state index contributed by atoms with van der Waals surface area (Å²) >= 11 is 5.92. The van der Waals surface area contributed by atoms with Crippen LogP contribution in [0.5, 0.6) is 0 Å². The third-order valence-electron chi connectivity index (χ3n) is 5.68. The van der Waals surface area contributed by atoms with E-state index >= 15 is 0 Å². The van der Waals surface area contributed by atoms with Crippen LogP contribution in [0.1, 0.15) is 62.8 Å². The van der Waals surface area contributed by atoms with Crippen LogP contribution in [0.2, 0.25) is 5.02 Å². The molecule has 116 valence electrons. The van der Waals surface area contributed by atoms with E-state index in [0.717, 1.165) is 35.9 Å². The minimum Gasteiger partial charge on any atom is -0.205 e. The summed E-state index contributed by atoms with van der Waals surface area (Å²) in [4.78, 5) is 0. The highest BCUT2D eigenvalue weighted by Gasteiger charge is 2.31. The summed E-state index contributed by atoms with van der Waals surface area (Å²) in [5.41, 5.74) is 1.69. The molecule has 2 saturated carbocycles. The van der Waals surface area contributed by atoms with E-state index in [9.17, 15) is 4.39 Å². The second-order valence-electron chi connectivity index (χ2n) is 6.93. The molecule has 0 heterocycles. The fourth-order valence-corrected chi connectivity index (χ4v) is 4.92. The standard InChI is InChI=1S/C18H25ClFP/c19-17-3-1-2-16(18(17)20)14-6-4-12(5-7-14)13-8-10-15(21)11-9-13/h1-3,12-15H,4-11,21H2. The Bertz CT molecular complexity index is 474. The van der Waals surface area contributed by atoms with Gasteiger partial charge in [-0.3, -0.25) is 0 Å². The van der Waals surface area contributed by atoms with Crippen LogP contribution in [0.15, 0.2) is 18.2 Å². The van der Waals surface area contributed by atoms with E-state index in [2.05, 4.69) is 9.24 Å². The molecular weight excluding hydrogens is 302 g/mol. The summed E-state index contributed by atoms with van der Waals surface area (Å²) in [6.07, 6.45) is 10.3. The highest BCUT2D eigenvalue weighted by molar-refractivity contribution is 7.17. The lowest BCUT2D eigenvalue weighted by Gasteiger charge is -2.37. The molecule has 3 rings (SSSR count). The molecule has 1 atom stereocenters. The Balaban J connectivity index is 1.59. The molecule has 2 aliphatic carbocycles. The van der Waals surface area contributed by atoms with E-state index in [0.29, 0.717) is 5.92 Å². The van der Waals surface area contributed by atoms with E-state index in [1.54, 1.807) is 6.07 Å². The summed E-state index contributed by atoms with van der Waals surface area (Å²) in [6, 6.07) is 5.45. The average Bonchev–Trinajstić information content (AvgIpc) is 2.51. The number of halogens is 2. The van der Waals surface area contributed by atoms with Gasteiger partial charge in [0.2, 0.25) is 0 Å². The van der Waals surface area contributed by atoms with Gasteiger partial charge in [0.15, 0.2) is 0 Å². The molecule has 0 aliphatic heterocycles. The zero-order chi connectivity index (χ0) is 14.8. The van der Waals surface area contributed by atoms with Crippen molar-refractivity contribution >= 4 is 20.8 Å². The molecular formula is C18H25ClFP. The second kappa shape index (κ2) is 6.97. The van der Waals surface area contributed by atoms with Gasteiger partial charge in [0.25, 0.3) is 0 Å². The number of benzene rings is 1. The van der Waals surface area contributed by atoms with Gasteiger partial charge < -0.3 is 0 Å². The highest BCUT2D eigenvalue weighted by atomic mass is 35.5. The first kappa shape index (κ1) is 15.8. The summed E-state index contributed by atoms with van der Waals surface area (Å²) in [7, 11) is 2.99. The van der Waals surface area contributed by atoms with E-state index in [1.807, 2.05) is 12.1 Å².